The summed E-state index contributed by atoms with van der Waals surface area (Å²) >= 11 is 0. The van der Waals surface area contributed by atoms with Crippen LogP contribution in [0.25, 0.3) is 0 Å². The molecule has 3 amide bonds. The molecule has 2 aromatic rings. The fourth-order valence-corrected chi connectivity index (χ4v) is 2.57. The number of benzene rings is 2. The molecule has 0 fully saturated rings. The van der Waals surface area contributed by atoms with E-state index in [1.807, 2.05) is 6.92 Å². The van der Waals surface area contributed by atoms with Crippen LogP contribution in [0.5, 0.6) is 5.75 Å². The highest BCUT2D eigenvalue weighted by Gasteiger charge is 2.18. The zero-order chi connectivity index (χ0) is 24.7. The molecular formula is C22H25F3N4O4. The molecule has 2 aromatic carbocycles. The van der Waals surface area contributed by atoms with E-state index in [2.05, 4.69) is 16.0 Å². The Morgan fingerprint density at radius 2 is 1.70 bits per heavy atom. The first-order chi connectivity index (χ1) is 15.5. The van der Waals surface area contributed by atoms with Crippen molar-refractivity contribution in [3.63, 3.8) is 0 Å². The second-order valence-corrected chi connectivity index (χ2v) is 7.43. The maximum absolute atomic E-state index is 13.7. The highest BCUT2D eigenvalue weighted by Crippen LogP contribution is 2.26. The molecule has 3 N–H and O–H groups in total. The predicted molar refractivity (Wildman–Crippen MR) is 116 cm³/mol. The Balaban J connectivity index is 1.94. The SMILES string of the molecule is Cc1ccc(NC(C)C(=O)NCC(=O)Nc2ccc(F)c(F)c2F)c(OCC(=O)N(C)C)c1. The summed E-state index contributed by atoms with van der Waals surface area (Å²) in [7, 11) is 3.20. The molecule has 0 aromatic heterocycles. The summed E-state index contributed by atoms with van der Waals surface area (Å²) in [4.78, 5) is 37.5. The van der Waals surface area contributed by atoms with E-state index in [0.29, 0.717) is 17.5 Å². The van der Waals surface area contributed by atoms with Crippen molar-refractivity contribution in [2.45, 2.75) is 19.9 Å². The van der Waals surface area contributed by atoms with Gasteiger partial charge >= 0.3 is 0 Å². The summed E-state index contributed by atoms with van der Waals surface area (Å²) in [6, 6.07) is 5.92. The van der Waals surface area contributed by atoms with Gasteiger partial charge in [-0.1, -0.05) is 6.07 Å². The van der Waals surface area contributed by atoms with Crippen molar-refractivity contribution in [1.82, 2.24) is 10.2 Å². The number of rotatable bonds is 9. The first-order valence-corrected chi connectivity index (χ1v) is 9.90. The second-order valence-electron chi connectivity index (χ2n) is 7.43. The van der Waals surface area contributed by atoms with Gasteiger partial charge in [-0.25, -0.2) is 13.2 Å². The summed E-state index contributed by atoms with van der Waals surface area (Å²) in [5.41, 5.74) is 0.794. The van der Waals surface area contributed by atoms with Crippen LogP contribution in [0.4, 0.5) is 24.5 Å². The van der Waals surface area contributed by atoms with Gasteiger partial charge < -0.3 is 25.6 Å². The van der Waals surface area contributed by atoms with Gasteiger partial charge in [0.2, 0.25) is 11.8 Å². The molecule has 0 aliphatic heterocycles. The van der Waals surface area contributed by atoms with Crippen molar-refractivity contribution in [3.8, 4) is 5.75 Å². The Morgan fingerprint density at radius 1 is 1.03 bits per heavy atom. The first kappa shape index (κ1) is 25.5. The number of anilines is 2. The Bertz CT molecular complexity index is 1050. The van der Waals surface area contributed by atoms with Crippen LogP contribution in [0.1, 0.15) is 12.5 Å². The molecule has 11 heteroatoms. The molecule has 178 valence electrons. The smallest absolute Gasteiger partial charge is 0.259 e. The van der Waals surface area contributed by atoms with Crippen LogP contribution in [0.15, 0.2) is 30.3 Å². The summed E-state index contributed by atoms with van der Waals surface area (Å²) in [5, 5.41) is 7.36. The van der Waals surface area contributed by atoms with Gasteiger partial charge in [-0.15, -0.1) is 0 Å². The molecule has 0 saturated heterocycles. The maximum Gasteiger partial charge on any atom is 0.259 e. The molecule has 8 nitrogen and oxygen atoms in total. The van der Waals surface area contributed by atoms with Crippen molar-refractivity contribution >= 4 is 29.1 Å². The van der Waals surface area contributed by atoms with Crippen molar-refractivity contribution in [1.29, 1.82) is 0 Å². The highest BCUT2D eigenvalue weighted by atomic mass is 19.2. The Morgan fingerprint density at radius 3 is 2.36 bits per heavy atom. The van der Waals surface area contributed by atoms with Gasteiger partial charge in [-0.3, -0.25) is 14.4 Å². The van der Waals surface area contributed by atoms with Crippen molar-refractivity contribution in [2.75, 3.05) is 37.9 Å². The fourth-order valence-electron chi connectivity index (χ4n) is 2.57. The van der Waals surface area contributed by atoms with Gasteiger partial charge in [0.25, 0.3) is 5.91 Å². The maximum atomic E-state index is 13.7. The molecule has 1 unspecified atom stereocenters. The summed E-state index contributed by atoms with van der Waals surface area (Å²) in [6.45, 7) is 2.66. The third-order valence-corrected chi connectivity index (χ3v) is 4.48. The van der Waals surface area contributed by atoms with Gasteiger partial charge in [0, 0.05) is 14.1 Å². The van der Waals surface area contributed by atoms with E-state index in [0.717, 1.165) is 11.6 Å². The Kier molecular flexibility index (Phi) is 8.66. The minimum absolute atomic E-state index is 0.188. The lowest BCUT2D eigenvalue weighted by Gasteiger charge is -2.19. The van der Waals surface area contributed by atoms with Crippen molar-refractivity contribution in [2.24, 2.45) is 0 Å². The number of nitrogens with one attached hydrogen (secondary N) is 3. The lowest BCUT2D eigenvalue weighted by Crippen LogP contribution is -2.41. The number of amides is 3. The van der Waals surface area contributed by atoms with E-state index >= 15 is 0 Å². The average molecular weight is 466 g/mol. The van der Waals surface area contributed by atoms with Crippen LogP contribution in [-0.4, -0.2) is 55.9 Å². The monoisotopic (exact) mass is 466 g/mol. The lowest BCUT2D eigenvalue weighted by atomic mass is 10.2. The van der Waals surface area contributed by atoms with Crippen LogP contribution >= 0.6 is 0 Å². The number of likely N-dealkylation sites (N-methyl/N-ethyl adjacent to an activating group) is 1. The molecule has 0 saturated carbocycles. The predicted octanol–water partition coefficient (Wildman–Crippen LogP) is 2.43. The molecule has 2 rings (SSSR count). The topological polar surface area (TPSA) is 99.8 Å². The summed E-state index contributed by atoms with van der Waals surface area (Å²) in [6.07, 6.45) is 0. The fraction of sp³-hybridized carbons (Fsp3) is 0.318. The van der Waals surface area contributed by atoms with E-state index in [1.165, 1.54) is 11.8 Å². The number of halogens is 3. The van der Waals surface area contributed by atoms with Gasteiger partial charge in [0.1, 0.15) is 11.8 Å². The molecule has 0 spiro atoms. The molecule has 33 heavy (non-hydrogen) atoms. The normalized spacial score (nSPS) is 11.4. The van der Waals surface area contributed by atoms with E-state index in [9.17, 15) is 27.6 Å². The second kappa shape index (κ2) is 11.2. The number of aryl methyl sites for hydroxylation is 1. The van der Waals surface area contributed by atoms with Crippen molar-refractivity contribution in [3.05, 3.63) is 53.3 Å². The number of nitrogens with zero attached hydrogens (tertiary/aromatic N) is 1. The minimum atomic E-state index is -1.71. The van der Waals surface area contributed by atoms with E-state index in [-0.39, 0.29) is 12.5 Å². The minimum Gasteiger partial charge on any atom is -0.482 e. The molecule has 1 atom stereocenters. The van der Waals surface area contributed by atoms with Gasteiger partial charge in [-0.2, -0.15) is 0 Å². The molecule has 0 bridgehead atoms. The van der Waals surface area contributed by atoms with Crippen molar-refractivity contribution < 1.29 is 32.3 Å². The van der Waals surface area contributed by atoms with Gasteiger partial charge in [0.15, 0.2) is 24.1 Å². The largest absolute Gasteiger partial charge is 0.482 e. The van der Waals surface area contributed by atoms with Crippen LogP contribution in [0.2, 0.25) is 0 Å². The van der Waals surface area contributed by atoms with Crippen LogP contribution < -0.4 is 20.7 Å². The number of carbonyl (C=O) groups is 3. The quantitative estimate of drug-likeness (QED) is 0.493. The van der Waals surface area contributed by atoms with Gasteiger partial charge in [-0.05, 0) is 43.7 Å². The molecule has 0 aliphatic rings. The third kappa shape index (κ3) is 7.13. The highest BCUT2D eigenvalue weighted by molar-refractivity contribution is 5.95. The zero-order valence-corrected chi connectivity index (χ0v) is 18.6. The third-order valence-electron chi connectivity index (χ3n) is 4.48. The molecular weight excluding hydrogens is 441 g/mol. The molecule has 0 heterocycles. The van der Waals surface area contributed by atoms with Crippen LogP contribution in [-0.2, 0) is 14.4 Å². The Hall–Kier alpha value is -3.76. The van der Waals surface area contributed by atoms with E-state index < -0.39 is 47.5 Å². The molecule has 0 aliphatic carbocycles. The number of carbonyl (C=O) groups excluding carboxylic acids is 3. The molecule has 0 radical (unpaired) electrons. The Labute approximate surface area is 189 Å². The average Bonchev–Trinajstić information content (AvgIpc) is 2.77. The number of hydrogen-bond donors (Lipinski definition) is 3. The lowest BCUT2D eigenvalue weighted by molar-refractivity contribution is -0.130. The number of ether oxygens (including phenoxy) is 1. The zero-order valence-electron chi connectivity index (χ0n) is 18.6. The first-order valence-electron chi connectivity index (χ1n) is 9.90. The van der Waals surface area contributed by atoms with Crippen LogP contribution in [0.3, 0.4) is 0 Å². The van der Waals surface area contributed by atoms with Crippen LogP contribution in [0, 0.1) is 24.4 Å². The summed E-state index contributed by atoms with van der Waals surface area (Å²) < 4.78 is 45.5. The summed E-state index contributed by atoms with van der Waals surface area (Å²) in [5.74, 6) is -5.89. The number of hydrogen-bond acceptors (Lipinski definition) is 5. The van der Waals surface area contributed by atoms with E-state index in [1.54, 1.807) is 32.3 Å². The van der Waals surface area contributed by atoms with Gasteiger partial charge in [0.05, 0.1) is 17.9 Å². The standard InChI is InChI=1S/C22H25F3N4O4/c1-12-5-7-15(17(9-12)33-11-19(31)29(3)4)27-13(2)22(32)26-10-18(30)28-16-8-6-14(23)20(24)21(16)25/h5-9,13,27H,10-11H2,1-4H3,(H,26,32)(H,28,30). The van der Waals surface area contributed by atoms with E-state index in [4.69, 9.17) is 4.74 Å².